The Morgan fingerprint density at radius 3 is 2.43 bits per heavy atom. The molecule has 4 nitrogen and oxygen atoms in total. The summed E-state index contributed by atoms with van der Waals surface area (Å²) >= 11 is 0. The van der Waals surface area contributed by atoms with Crippen molar-refractivity contribution < 1.29 is 0 Å². The minimum Gasteiger partial charge on any atom is -0.381 e. The van der Waals surface area contributed by atoms with Crippen LogP contribution in [0.4, 0.5) is 5.69 Å². The zero-order valence-corrected chi connectivity index (χ0v) is 12.2. The standard InChI is InChI=1S/C17H19N3O/c1-11(2)13-5-3-12(4-6-13)10-18-14-7-8-15-16(9-14)20-17(21)19-15/h3-9,11,18H,10H2,1-2H3,(H2,19,20,21). The highest BCUT2D eigenvalue weighted by Crippen LogP contribution is 2.17. The SMILES string of the molecule is CC(C)c1ccc(CNc2ccc3[nH]c(=O)[nH]c3c2)cc1. The number of benzene rings is 2. The average Bonchev–Trinajstić information content (AvgIpc) is 2.84. The molecule has 0 unspecified atom stereocenters. The first kappa shape index (κ1) is 13.5. The van der Waals surface area contributed by atoms with Crippen molar-refractivity contribution >= 4 is 16.7 Å². The van der Waals surface area contributed by atoms with Gasteiger partial charge in [-0.15, -0.1) is 0 Å². The number of rotatable bonds is 4. The summed E-state index contributed by atoms with van der Waals surface area (Å²) in [7, 11) is 0. The molecule has 1 aromatic heterocycles. The molecule has 0 bridgehead atoms. The van der Waals surface area contributed by atoms with Crippen LogP contribution in [0.2, 0.25) is 0 Å². The van der Waals surface area contributed by atoms with Gasteiger partial charge < -0.3 is 15.3 Å². The molecule has 0 aliphatic rings. The van der Waals surface area contributed by atoms with Crippen LogP contribution in [0.3, 0.4) is 0 Å². The number of H-pyrrole nitrogens is 2. The van der Waals surface area contributed by atoms with Crippen molar-refractivity contribution in [1.29, 1.82) is 0 Å². The molecule has 0 fully saturated rings. The molecule has 0 aliphatic heterocycles. The molecular formula is C17H19N3O. The van der Waals surface area contributed by atoms with Gasteiger partial charge in [-0.2, -0.15) is 0 Å². The van der Waals surface area contributed by atoms with Crippen LogP contribution < -0.4 is 11.0 Å². The summed E-state index contributed by atoms with van der Waals surface area (Å²) in [5, 5.41) is 3.38. The highest BCUT2D eigenvalue weighted by molar-refractivity contribution is 5.78. The first-order chi connectivity index (χ1) is 10.1. The Hall–Kier alpha value is -2.49. The highest BCUT2D eigenvalue weighted by atomic mass is 16.1. The summed E-state index contributed by atoms with van der Waals surface area (Å²) in [6, 6.07) is 14.5. The fourth-order valence-corrected chi connectivity index (χ4v) is 2.37. The number of aromatic amines is 2. The molecule has 0 aliphatic carbocycles. The van der Waals surface area contributed by atoms with E-state index >= 15 is 0 Å². The maximum absolute atomic E-state index is 11.2. The van der Waals surface area contributed by atoms with Crippen molar-refractivity contribution in [2.45, 2.75) is 26.3 Å². The maximum Gasteiger partial charge on any atom is 0.323 e. The predicted molar refractivity (Wildman–Crippen MR) is 86.8 cm³/mol. The van der Waals surface area contributed by atoms with E-state index in [0.717, 1.165) is 23.3 Å². The molecule has 108 valence electrons. The molecule has 1 heterocycles. The van der Waals surface area contributed by atoms with Crippen LogP contribution in [0.15, 0.2) is 47.3 Å². The average molecular weight is 281 g/mol. The zero-order chi connectivity index (χ0) is 14.8. The number of fused-ring (bicyclic) bond motifs is 1. The number of imidazole rings is 1. The number of hydrogen-bond acceptors (Lipinski definition) is 2. The maximum atomic E-state index is 11.2. The molecule has 2 aromatic carbocycles. The predicted octanol–water partition coefficient (Wildman–Crippen LogP) is 3.59. The molecule has 0 atom stereocenters. The van der Waals surface area contributed by atoms with Crippen molar-refractivity contribution in [3.63, 3.8) is 0 Å². The second kappa shape index (κ2) is 5.48. The van der Waals surface area contributed by atoms with Crippen molar-refractivity contribution in [2.24, 2.45) is 0 Å². The first-order valence-electron chi connectivity index (χ1n) is 7.16. The Bertz CT molecular complexity index is 797. The fraction of sp³-hybridized carbons (Fsp3) is 0.235. The molecule has 0 saturated carbocycles. The summed E-state index contributed by atoms with van der Waals surface area (Å²) in [6.45, 7) is 5.15. The molecule has 0 spiro atoms. The third kappa shape index (κ3) is 2.99. The Morgan fingerprint density at radius 2 is 1.71 bits per heavy atom. The lowest BCUT2D eigenvalue weighted by atomic mass is 10.0. The van der Waals surface area contributed by atoms with Crippen LogP contribution in [0, 0.1) is 0 Å². The summed E-state index contributed by atoms with van der Waals surface area (Å²) in [6.07, 6.45) is 0. The number of nitrogens with one attached hydrogen (secondary N) is 3. The van der Waals surface area contributed by atoms with E-state index in [1.54, 1.807) is 0 Å². The lowest BCUT2D eigenvalue weighted by Crippen LogP contribution is -2.00. The number of hydrogen-bond donors (Lipinski definition) is 3. The van der Waals surface area contributed by atoms with Crippen molar-refractivity contribution in [3.8, 4) is 0 Å². The summed E-state index contributed by atoms with van der Waals surface area (Å²) in [5.41, 5.74) is 5.05. The monoisotopic (exact) mass is 281 g/mol. The Balaban J connectivity index is 1.72. The largest absolute Gasteiger partial charge is 0.381 e. The molecule has 3 rings (SSSR count). The van der Waals surface area contributed by atoms with Gasteiger partial charge in [-0.3, -0.25) is 0 Å². The van der Waals surface area contributed by atoms with E-state index in [1.165, 1.54) is 11.1 Å². The molecular weight excluding hydrogens is 262 g/mol. The number of aromatic nitrogens is 2. The Kier molecular flexibility index (Phi) is 3.52. The van der Waals surface area contributed by atoms with Crippen LogP contribution >= 0.6 is 0 Å². The van der Waals surface area contributed by atoms with Gasteiger partial charge >= 0.3 is 5.69 Å². The van der Waals surface area contributed by atoms with Crippen LogP contribution in [0.1, 0.15) is 30.9 Å². The molecule has 3 aromatic rings. The van der Waals surface area contributed by atoms with Gasteiger partial charge in [0, 0.05) is 12.2 Å². The summed E-state index contributed by atoms with van der Waals surface area (Å²) in [4.78, 5) is 16.7. The van der Waals surface area contributed by atoms with Gasteiger partial charge in [0.1, 0.15) is 0 Å². The number of anilines is 1. The van der Waals surface area contributed by atoms with Crippen LogP contribution in [0.5, 0.6) is 0 Å². The van der Waals surface area contributed by atoms with E-state index in [2.05, 4.69) is 53.4 Å². The molecule has 4 heteroatoms. The van der Waals surface area contributed by atoms with Crippen molar-refractivity contribution in [2.75, 3.05) is 5.32 Å². The topological polar surface area (TPSA) is 60.7 Å². The highest BCUT2D eigenvalue weighted by Gasteiger charge is 2.01. The minimum atomic E-state index is -0.175. The van der Waals surface area contributed by atoms with E-state index in [-0.39, 0.29) is 5.69 Å². The van der Waals surface area contributed by atoms with Gasteiger partial charge in [0.25, 0.3) is 0 Å². The third-order valence-electron chi connectivity index (χ3n) is 3.66. The van der Waals surface area contributed by atoms with Gasteiger partial charge in [-0.1, -0.05) is 38.1 Å². The van der Waals surface area contributed by atoms with Gasteiger partial charge in [-0.05, 0) is 35.2 Å². The Labute approximate surface area is 123 Å². The molecule has 3 N–H and O–H groups in total. The summed E-state index contributed by atoms with van der Waals surface area (Å²) < 4.78 is 0. The Morgan fingerprint density at radius 1 is 1.00 bits per heavy atom. The second-order valence-electron chi connectivity index (χ2n) is 5.59. The van der Waals surface area contributed by atoms with E-state index in [1.807, 2.05) is 18.2 Å². The molecule has 0 amide bonds. The molecule has 21 heavy (non-hydrogen) atoms. The molecule has 0 saturated heterocycles. The lowest BCUT2D eigenvalue weighted by Gasteiger charge is -2.09. The second-order valence-corrected chi connectivity index (χ2v) is 5.59. The van der Waals surface area contributed by atoms with E-state index in [0.29, 0.717) is 5.92 Å². The summed E-state index contributed by atoms with van der Waals surface area (Å²) in [5.74, 6) is 0.555. The van der Waals surface area contributed by atoms with Gasteiger partial charge in [0.15, 0.2) is 0 Å². The van der Waals surface area contributed by atoms with Crippen molar-refractivity contribution in [3.05, 3.63) is 64.1 Å². The lowest BCUT2D eigenvalue weighted by molar-refractivity contribution is 0.865. The smallest absolute Gasteiger partial charge is 0.323 e. The zero-order valence-electron chi connectivity index (χ0n) is 12.2. The van der Waals surface area contributed by atoms with E-state index < -0.39 is 0 Å². The fourth-order valence-electron chi connectivity index (χ4n) is 2.37. The first-order valence-corrected chi connectivity index (χ1v) is 7.16. The van der Waals surface area contributed by atoms with E-state index in [9.17, 15) is 4.79 Å². The van der Waals surface area contributed by atoms with Crippen molar-refractivity contribution in [1.82, 2.24) is 9.97 Å². The third-order valence-corrected chi connectivity index (χ3v) is 3.66. The van der Waals surface area contributed by atoms with E-state index in [4.69, 9.17) is 0 Å². The quantitative estimate of drug-likeness (QED) is 0.684. The van der Waals surface area contributed by atoms with Crippen LogP contribution in [0.25, 0.3) is 11.0 Å². The molecule has 0 radical (unpaired) electrons. The van der Waals surface area contributed by atoms with Crippen LogP contribution in [-0.4, -0.2) is 9.97 Å². The van der Waals surface area contributed by atoms with Gasteiger partial charge in [-0.25, -0.2) is 4.79 Å². The van der Waals surface area contributed by atoms with Gasteiger partial charge in [0.2, 0.25) is 0 Å². The van der Waals surface area contributed by atoms with Crippen LogP contribution in [-0.2, 0) is 6.54 Å². The van der Waals surface area contributed by atoms with Gasteiger partial charge in [0.05, 0.1) is 11.0 Å². The minimum absolute atomic E-state index is 0.175. The normalized spacial score (nSPS) is 11.2.